The zero-order chi connectivity index (χ0) is 12.1. The van der Waals surface area contributed by atoms with Crippen molar-refractivity contribution in [3.63, 3.8) is 0 Å². The van der Waals surface area contributed by atoms with Gasteiger partial charge in [-0.25, -0.2) is 0 Å². The second-order valence-electron chi connectivity index (χ2n) is 5.48. The molecule has 1 saturated heterocycles. The summed E-state index contributed by atoms with van der Waals surface area (Å²) in [7, 11) is 0. The molecule has 0 aromatic carbocycles. The first-order valence-corrected chi connectivity index (χ1v) is 6.69. The van der Waals surface area contributed by atoms with Crippen LogP contribution in [0.2, 0.25) is 0 Å². The third-order valence-electron chi connectivity index (χ3n) is 3.11. The van der Waals surface area contributed by atoms with E-state index in [2.05, 4.69) is 37.9 Å². The lowest BCUT2D eigenvalue weighted by Crippen LogP contribution is -2.56. The molecule has 16 heavy (non-hydrogen) atoms. The maximum atomic E-state index is 5.76. The molecule has 1 fully saturated rings. The largest absolute Gasteiger partial charge is 0.311 e. The second-order valence-corrected chi connectivity index (χ2v) is 5.70. The van der Waals surface area contributed by atoms with E-state index in [4.69, 9.17) is 11.6 Å². The highest BCUT2D eigenvalue weighted by Crippen LogP contribution is 2.16. The van der Waals surface area contributed by atoms with Gasteiger partial charge in [-0.3, -0.25) is 4.90 Å². The van der Waals surface area contributed by atoms with Gasteiger partial charge in [-0.15, -0.1) is 0 Å². The summed E-state index contributed by atoms with van der Waals surface area (Å²) in [5.74, 6) is 0.753. The Morgan fingerprint density at radius 3 is 2.81 bits per heavy atom. The van der Waals surface area contributed by atoms with Gasteiger partial charge in [0.05, 0.1) is 0 Å². The minimum atomic E-state index is 0.589. The quantitative estimate of drug-likeness (QED) is 0.818. The molecule has 2 nitrogen and oxygen atoms in total. The first kappa shape index (κ1) is 14.0. The molecule has 0 amide bonds. The molecule has 1 aliphatic rings. The number of piperazine rings is 1. The Hall–Kier alpha value is -0.0500. The van der Waals surface area contributed by atoms with E-state index in [9.17, 15) is 0 Å². The average molecular weight is 245 g/mol. The van der Waals surface area contributed by atoms with Crippen LogP contribution in [0.5, 0.6) is 0 Å². The van der Waals surface area contributed by atoms with Gasteiger partial charge in [-0.2, -0.15) is 0 Å². The number of nitrogens with zero attached hydrogens (tertiary/aromatic N) is 1. The van der Waals surface area contributed by atoms with Crippen molar-refractivity contribution in [2.75, 3.05) is 19.6 Å². The van der Waals surface area contributed by atoms with Crippen LogP contribution in [-0.2, 0) is 0 Å². The minimum absolute atomic E-state index is 0.589. The highest BCUT2D eigenvalue weighted by molar-refractivity contribution is 6.25. The Kier molecular flexibility index (Phi) is 5.81. The van der Waals surface area contributed by atoms with Gasteiger partial charge in [0.2, 0.25) is 0 Å². The van der Waals surface area contributed by atoms with E-state index in [0.29, 0.717) is 12.1 Å². The summed E-state index contributed by atoms with van der Waals surface area (Å²) in [5, 5.41) is 3.56. The van der Waals surface area contributed by atoms with Crippen LogP contribution in [0.3, 0.4) is 0 Å². The number of nitrogens with one attached hydrogen (secondary N) is 1. The second kappa shape index (κ2) is 6.63. The van der Waals surface area contributed by atoms with Crippen molar-refractivity contribution in [3.05, 3.63) is 11.1 Å². The molecule has 0 aliphatic carbocycles. The third-order valence-corrected chi connectivity index (χ3v) is 3.48. The van der Waals surface area contributed by atoms with E-state index in [-0.39, 0.29) is 0 Å². The zero-order valence-corrected chi connectivity index (χ0v) is 11.7. The number of hydrogen-bond acceptors (Lipinski definition) is 2. The molecule has 1 rings (SSSR count). The molecule has 0 saturated carbocycles. The minimum Gasteiger partial charge on any atom is -0.311 e. The van der Waals surface area contributed by atoms with Crippen LogP contribution in [0, 0.1) is 5.92 Å². The molecular formula is C13H25ClN2. The first-order valence-electron chi connectivity index (χ1n) is 6.26. The number of hydrogen-bond donors (Lipinski definition) is 1. The fraction of sp³-hybridized carbons (Fsp3) is 0.846. The molecule has 94 valence electrons. The van der Waals surface area contributed by atoms with Crippen molar-refractivity contribution in [1.29, 1.82) is 0 Å². The van der Waals surface area contributed by atoms with E-state index in [1.807, 2.05) is 0 Å². The fourth-order valence-electron chi connectivity index (χ4n) is 2.36. The van der Waals surface area contributed by atoms with Crippen LogP contribution < -0.4 is 5.32 Å². The van der Waals surface area contributed by atoms with Gasteiger partial charge < -0.3 is 5.32 Å². The molecule has 1 N–H and O–H groups in total. The summed E-state index contributed by atoms with van der Waals surface area (Å²) in [6.45, 7) is 12.2. The summed E-state index contributed by atoms with van der Waals surface area (Å²) in [6.07, 6.45) is 1.26. The molecule has 1 aliphatic heterocycles. The van der Waals surface area contributed by atoms with Crippen LogP contribution in [-0.4, -0.2) is 36.6 Å². The van der Waals surface area contributed by atoms with E-state index in [1.54, 1.807) is 5.54 Å². The summed E-state index contributed by atoms with van der Waals surface area (Å²) in [4.78, 5) is 2.56. The highest BCUT2D eigenvalue weighted by Gasteiger charge is 2.25. The third kappa shape index (κ3) is 4.44. The predicted molar refractivity (Wildman–Crippen MR) is 71.9 cm³/mol. The molecule has 0 radical (unpaired) electrons. The fourth-order valence-corrected chi connectivity index (χ4v) is 2.43. The van der Waals surface area contributed by atoms with Gasteiger partial charge in [0.1, 0.15) is 0 Å². The van der Waals surface area contributed by atoms with Crippen molar-refractivity contribution in [2.24, 2.45) is 5.92 Å². The van der Waals surface area contributed by atoms with Crippen LogP contribution in [0.1, 0.15) is 34.1 Å². The van der Waals surface area contributed by atoms with Crippen molar-refractivity contribution in [1.82, 2.24) is 10.2 Å². The lowest BCUT2D eigenvalue weighted by atomic mass is 9.99. The Bertz CT molecular complexity index is 238. The predicted octanol–water partition coefficient (Wildman–Crippen LogP) is 2.84. The van der Waals surface area contributed by atoms with Gasteiger partial charge in [0, 0.05) is 37.3 Å². The standard InChI is InChI=1S/C13H25ClN2/c1-10(2)5-13-7-15-12(4)9-16(13)8-11(3)6-14/h6,10,12-13,15H,5,7-9H2,1-4H3. The maximum Gasteiger partial charge on any atom is 0.0227 e. The lowest BCUT2D eigenvalue weighted by Gasteiger charge is -2.40. The Labute approximate surface area is 105 Å². The smallest absolute Gasteiger partial charge is 0.0227 e. The van der Waals surface area contributed by atoms with Crippen LogP contribution in [0.25, 0.3) is 0 Å². The molecule has 0 aromatic rings. The van der Waals surface area contributed by atoms with Crippen LogP contribution >= 0.6 is 11.6 Å². The Balaban J connectivity index is 2.57. The van der Waals surface area contributed by atoms with Gasteiger partial charge in [0.25, 0.3) is 0 Å². The number of halogens is 1. The highest BCUT2D eigenvalue weighted by atomic mass is 35.5. The van der Waals surface area contributed by atoms with E-state index >= 15 is 0 Å². The van der Waals surface area contributed by atoms with E-state index in [1.165, 1.54) is 12.0 Å². The molecule has 0 spiro atoms. The Morgan fingerprint density at radius 1 is 1.56 bits per heavy atom. The topological polar surface area (TPSA) is 15.3 Å². The van der Waals surface area contributed by atoms with E-state index in [0.717, 1.165) is 25.6 Å². The molecule has 2 unspecified atom stereocenters. The zero-order valence-electron chi connectivity index (χ0n) is 11.0. The van der Waals surface area contributed by atoms with Crippen molar-refractivity contribution < 1.29 is 0 Å². The molecule has 0 bridgehead atoms. The van der Waals surface area contributed by atoms with Crippen molar-refractivity contribution in [2.45, 2.75) is 46.2 Å². The molecular weight excluding hydrogens is 220 g/mol. The van der Waals surface area contributed by atoms with Gasteiger partial charge in [0.15, 0.2) is 0 Å². The first-order chi connectivity index (χ1) is 7.52. The summed E-state index contributed by atoms with van der Waals surface area (Å²) in [5.41, 5.74) is 2.96. The van der Waals surface area contributed by atoms with E-state index < -0.39 is 0 Å². The maximum absolute atomic E-state index is 5.76. The molecule has 3 heteroatoms. The molecule has 2 atom stereocenters. The van der Waals surface area contributed by atoms with Gasteiger partial charge in [-0.1, -0.05) is 25.4 Å². The van der Waals surface area contributed by atoms with Gasteiger partial charge in [-0.05, 0) is 31.8 Å². The van der Waals surface area contributed by atoms with Crippen molar-refractivity contribution in [3.8, 4) is 0 Å². The lowest BCUT2D eigenvalue weighted by molar-refractivity contribution is 0.130. The van der Waals surface area contributed by atoms with Crippen LogP contribution in [0.4, 0.5) is 0 Å². The Morgan fingerprint density at radius 2 is 2.25 bits per heavy atom. The normalized spacial score (nSPS) is 28.8. The van der Waals surface area contributed by atoms with Crippen LogP contribution in [0.15, 0.2) is 11.1 Å². The van der Waals surface area contributed by atoms with Crippen molar-refractivity contribution >= 4 is 11.6 Å². The SMILES string of the molecule is CC(=CCl)CN1CC(C)NCC1CC(C)C. The molecule has 0 aromatic heterocycles. The summed E-state index contributed by atoms with van der Waals surface area (Å²) < 4.78 is 0. The van der Waals surface area contributed by atoms with Gasteiger partial charge >= 0.3 is 0 Å². The molecule has 1 heterocycles. The summed E-state index contributed by atoms with van der Waals surface area (Å²) >= 11 is 5.76. The average Bonchev–Trinajstić information content (AvgIpc) is 2.21. The summed E-state index contributed by atoms with van der Waals surface area (Å²) in [6, 6.07) is 1.24. The number of rotatable bonds is 4. The monoisotopic (exact) mass is 244 g/mol.